The highest BCUT2D eigenvalue weighted by Gasteiger charge is 2.06. The number of rotatable bonds is 8. The molecular weight excluding hydrogens is 202 g/mol. The molecule has 90 valence electrons. The number of nitrogens with zero attached hydrogens (tertiary/aromatic N) is 2. The smallest absolute Gasteiger partial charge is 0.0728 e. The molecule has 0 saturated heterocycles. The molecule has 16 heavy (non-hydrogen) atoms. The summed E-state index contributed by atoms with van der Waals surface area (Å²) in [5, 5.41) is 16.4. The monoisotopic (exact) mass is 223 g/mol. The molecule has 0 fully saturated rings. The standard InChI is InChI=1S/C12H21N3O/c1-3-5-6-11(4-2)14-12-9-13-15(10-12)7-8-16/h3,9-11,14,16H,1,4-8H2,2H3. The van der Waals surface area contributed by atoms with Gasteiger partial charge in [0.05, 0.1) is 25.0 Å². The third-order valence-electron chi connectivity index (χ3n) is 2.55. The molecule has 0 aliphatic rings. The van der Waals surface area contributed by atoms with Gasteiger partial charge < -0.3 is 10.4 Å². The summed E-state index contributed by atoms with van der Waals surface area (Å²) in [6, 6.07) is 0.463. The molecule has 4 heteroatoms. The number of aliphatic hydroxyl groups excluding tert-OH is 1. The molecule has 0 aliphatic heterocycles. The molecule has 0 radical (unpaired) electrons. The van der Waals surface area contributed by atoms with E-state index in [1.807, 2.05) is 12.3 Å². The first-order valence-corrected chi connectivity index (χ1v) is 5.80. The maximum absolute atomic E-state index is 8.78. The van der Waals surface area contributed by atoms with Crippen LogP contribution >= 0.6 is 0 Å². The average molecular weight is 223 g/mol. The minimum absolute atomic E-state index is 0.120. The SMILES string of the molecule is C=CCCC(CC)Nc1cnn(CCO)c1. The van der Waals surface area contributed by atoms with Gasteiger partial charge in [-0.3, -0.25) is 4.68 Å². The van der Waals surface area contributed by atoms with E-state index in [-0.39, 0.29) is 6.61 Å². The van der Waals surface area contributed by atoms with Crippen molar-refractivity contribution in [2.75, 3.05) is 11.9 Å². The molecule has 2 N–H and O–H groups in total. The van der Waals surface area contributed by atoms with Crippen molar-refractivity contribution in [1.82, 2.24) is 9.78 Å². The average Bonchev–Trinajstić information content (AvgIpc) is 2.72. The summed E-state index contributed by atoms with van der Waals surface area (Å²) in [4.78, 5) is 0. The van der Waals surface area contributed by atoms with Crippen molar-refractivity contribution in [2.45, 2.75) is 38.8 Å². The van der Waals surface area contributed by atoms with Gasteiger partial charge in [-0.2, -0.15) is 5.10 Å². The fourth-order valence-corrected chi connectivity index (χ4v) is 1.60. The maximum Gasteiger partial charge on any atom is 0.0728 e. The Morgan fingerprint density at radius 3 is 3.12 bits per heavy atom. The predicted molar refractivity (Wildman–Crippen MR) is 66.4 cm³/mol. The summed E-state index contributed by atoms with van der Waals surface area (Å²) in [7, 11) is 0. The van der Waals surface area contributed by atoms with Gasteiger partial charge in [-0.25, -0.2) is 0 Å². The molecule has 0 amide bonds. The van der Waals surface area contributed by atoms with Crippen molar-refractivity contribution < 1.29 is 5.11 Å². The normalized spacial score (nSPS) is 12.4. The highest BCUT2D eigenvalue weighted by Crippen LogP contribution is 2.12. The molecule has 0 saturated carbocycles. The third kappa shape index (κ3) is 4.06. The third-order valence-corrected chi connectivity index (χ3v) is 2.55. The highest BCUT2D eigenvalue weighted by molar-refractivity contribution is 5.39. The summed E-state index contributed by atoms with van der Waals surface area (Å²) in [6.45, 7) is 6.56. The first-order valence-electron chi connectivity index (χ1n) is 5.80. The van der Waals surface area contributed by atoms with E-state index < -0.39 is 0 Å². The lowest BCUT2D eigenvalue weighted by Gasteiger charge is -2.15. The Labute approximate surface area is 97.0 Å². The van der Waals surface area contributed by atoms with Crippen LogP contribution in [0.3, 0.4) is 0 Å². The van der Waals surface area contributed by atoms with Gasteiger partial charge in [0.1, 0.15) is 0 Å². The van der Waals surface area contributed by atoms with Gasteiger partial charge in [0.2, 0.25) is 0 Å². The van der Waals surface area contributed by atoms with Crippen LogP contribution < -0.4 is 5.32 Å². The Kier molecular flexibility index (Phi) is 5.64. The van der Waals surface area contributed by atoms with Crippen molar-refractivity contribution >= 4 is 5.69 Å². The van der Waals surface area contributed by atoms with Crippen molar-refractivity contribution in [3.05, 3.63) is 25.0 Å². The van der Waals surface area contributed by atoms with Crippen molar-refractivity contribution in [2.24, 2.45) is 0 Å². The van der Waals surface area contributed by atoms with Crippen molar-refractivity contribution in [3.8, 4) is 0 Å². The number of hydrogen-bond acceptors (Lipinski definition) is 3. The van der Waals surface area contributed by atoms with E-state index in [4.69, 9.17) is 5.11 Å². The minimum atomic E-state index is 0.120. The summed E-state index contributed by atoms with van der Waals surface area (Å²) >= 11 is 0. The molecule has 1 aromatic heterocycles. The Balaban J connectivity index is 2.45. The van der Waals surface area contributed by atoms with E-state index in [0.29, 0.717) is 12.6 Å². The zero-order valence-electron chi connectivity index (χ0n) is 9.89. The topological polar surface area (TPSA) is 50.1 Å². The first kappa shape index (κ1) is 12.8. The molecular formula is C12H21N3O. The highest BCUT2D eigenvalue weighted by atomic mass is 16.3. The fourth-order valence-electron chi connectivity index (χ4n) is 1.60. The van der Waals surface area contributed by atoms with E-state index in [9.17, 15) is 0 Å². The number of hydrogen-bond donors (Lipinski definition) is 2. The van der Waals surface area contributed by atoms with Crippen LogP contribution in [0.15, 0.2) is 25.0 Å². The molecule has 4 nitrogen and oxygen atoms in total. The van der Waals surface area contributed by atoms with E-state index in [1.54, 1.807) is 10.9 Å². The van der Waals surface area contributed by atoms with Crippen LogP contribution in [-0.4, -0.2) is 27.5 Å². The molecule has 1 atom stereocenters. The number of nitrogens with one attached hydrogen (secondary N) is 1. The van der Waals surface area contributed by atoms with Gasteiger partial charge in [-0.05, 0) is 19.3 Å². The molecule has 1 unspecified atom stereocenters. The zero-order chi connectivity index (χ0) is 11.8. The van der Waals surface area contributed by atoms with Crippen LogP contribution in [0.5, 0.6) is 0 Å². The van der Waals surface area contributed by atoms with Gasteiger partial charge in [-0.15, -0.1) is 6.58 Å². The van der Waals surface area contributed by atoms with Gasteiger partial charge in [0, 0.05) is 12.2 Å². The fraction of sp³-hybridized carbons (Fsp3) is 0.583. The van der Waals surface area contributed by atoms with E-state index in [0.717, 1.165) is 24.9 Å². The van der Waals surface area contributed by atoms with Crippen LogP contribution in [-0.2, 0) is 6.54 Å². The summed E-state index contributed by atoms with van der Waals surface area (Å²) in [5.41, 5.74) is 1.02. The summed E-state index contributed by atoms with van der Waals surface area (Å²) < 4.78 is 1.74. The second-order valence-corrected chi connectivity index (χ2v) is 3.83. The molecule has 1 heterocycles. The van der Waals surface area contributed by atoms with Crippen LogP contribution in [0.25, 0.3) is 0 Å². The molecule has 0 spiro atoms. The van der Waals surface area contributed by atoms with Crippen LogP contribution in [0.1, 0.15) is 26.2 Å². The first-order chi connectivity index (χ1) is 7.80. The predicted octanol–water partition coefficient (Wildman–Crippen LogP) is 2.03. The second-order valence-electron chi connectivity index (χ2n) is 3.83. The van der Waals surface area contributed by atoms with Gasteiger partial charge in [0.15, 0.2) is 0 Å². The largest absolute Gasteiger partial charge is 0.394 e. The Morgan fingerprint density at radius 2 is 2.50 bits per heavy atom. The van der Waals surface area contributed by atoms with Crippen LogP contribution in [0.4, 0.5) is 5.69 Å². The summed E-state index contributed by atoms with van der Waals surface area (Å²) in [6.07, 6.45) is 8.86. The van der Waals surface area contributed by atoms with Crippen molar-refractivity contribution in [3.63, 3.8) is 0 Å². The lowest BCUT2D eigenvalue weighted by atomic mass is 10.1. The van der Waals surface area contributed by atoms with E-state index in [2.05, 4.69) is 23.9 Å². The number of allylic oxidation sites excluding steroid dienone is 1. The van der Waals surface area contributed by atoms with E-state index in [1.165, 1.54) is 0 Å². The lowest BCUT2D eigenvalue weighted by Crippen LogP contribution is -2.17. The zero-order valence-corrected chi connectivity index (χ0v) is 9.89. The Bertz CT molecular complexity index is 309. The number of aromatic nitrogens is 2. The molecule has 0 aromatic carbocycles. The minimum Gasteiger partial charge on any atom is -0.394 e. The number of aliphatic hydroxyl groups is 1. The second kappa shape index (κ2) is 7.06. The Hall–Kier alpha value is -1.29. The molecule has 1 rings (SSSR count). The van der Waals surface area contributed by atoms with Gasteiger partial charge in [-0.1, -0.05) is 13.0 Å². The molecule has 0 bridgehead atoms. The van der Waals surface area contributed by atoms with Crippen LogP contribution in [0, 0.1) is 0 Å². The maximum atomic E-state index is 8.78. The molecule has 1 aromatic rings. The summed E-state index contributed by atoms with van der Waals surface area (Å²) in [5.74, 6) is 0. The van der Waals surface area contributed by atoms with Crippen molar-refractivity contribution in [1.29, 1.82) is 0 Å². The number of anilines is 1. The Morgan fingerprint density at radius 1 is 1.69 bits per heavy atom. The van der Waals surface area contributed by atoms with Gasteiger partial charge in [0.25, 0.3) is 0 Å². The molecule has 0 aliphatic carbocycles. The van der Waals surface area contributed by atoms with E-state index >= 15 is 0 Å². The quantitative estimate of drug-likeness (QED) is 0.663. The lowest BCUT2D eigenvalue weighted by molar-refractivity contribution is 0.269. The van der Waals surface area contributed by atoms with Gasteiger partial charge >= 0.3 is 0 Å². The van der Waals surface area contributed by atoms with Crippen LogP contribution in [0.2, 0.25) is 0 Å².